The molecule has 0 spiro atoms. The van der Waals surface area contributed by atoms with Gasteiger partial charge in [0.05, 0.1) is 18.7 Å². The van der Waals surface area contributed by atoms with Crippen molar-refractivity contribution in [2.24, 2.45) is 0 Å². The van der Waals surface area contributed by atoms with Crippen LogP contribution in [0.4, 0.5) is 4.39 Å². The number of benzene rings is 2. The van der Waals surface area contributed by atoms with Gasteiger partial charge in [0, 0.05) is 6.16 Å². The minimum Gasteiger partial charge on any atom is -0.481 e. The van der Waals surface area contributed by atoms with Crippen LogP contribution in [0.15, 0.2) is 30.3 Å². The monoisotopic (exact) mass is 436 g/mol. The molecule has 2 rings (SSSR count). The molecule has 5 nitrogen and oxygen atoms in total. The van der Waals surface area contributed by atoms with Gasteiger partial charge in [-0.2, -0.15) is 0 Å². The third-order valence-electron chi connectivity index (χ3n) is 5.14. The van der Waals surface area contributed by atoms with E-state index in [4.69, 9.17) is 5.11 Å². The second kappa shape index (κ2) is 9.86. The fourth-order valence-corrected chi connectivity index (χ4v) is 5.22. The summed E-state index contributed by atoms with van der Waals surface area (Å²) < 4.78 is 26.4. The number of carbonyl (C=O) groups is 1. The van der Waals surface area contributed by atoms with Crippen LogP contribution in [0.1, 0.15) is 48.4 Å². The van der Waals surface area contributed by atoms with Gasteiger partial charge in [0.15, 0.2) is 0 Å². The van der Waals surface area contributed by atoms with E-state index in [0.717, 1.165) is 27.8 Å². The van der Waals surface area contributed by atoms with E-state index in [0.29, 0.717) is 12.0 Å². The van der Waals surface area contributed by atoms with Gasteiger partial charge in [0.1, 0.15) is 5.82 Å². The highest BCUT2D eigenvalue weighted by Gasteiger charge is 2.26. The van der Waals surface area contributed by atoms with E-state index in [1.807, 2.05) is 26.8 Å². The van der Waals surface area contributed by atoms with Crippen LogP contribution in [0.5, 0.6) is 0 Å². The van der Waals surface area contributed by atoms with E-state index in [9.17, 15) is 23.7 Å². The fourth-order valence-electron chi connectivity index (χ4n) is 3.68. The summed E-state index contributed by atoms with van der Waals surface area (Å²) in [5.41, 5.74) is 5.28. The molecule has 0 aliphatic heterocycles. The number of carboxylic acid groups (broad SMARTS) is 1. The van der Waals surface area contributed by atoms with Crippen LogP contribution in [-0.4, -0.2) is 39.5 Å². The van der Waals surface area contributed by atoms with Crippen molar-refractivity contribution in [2.45, 2.75) is 52.6 Å². The third kappa shape index (κ3) is 6.49. The lowest BCUT2D eigenvalue weighted by molar-refractivity contribution is -0.138. The van der Waals surface area contributed by atoms with Gasteiger partial charge in [-0.15, -0.1) is 0 Å². The topological polar surface area (TPSA) is 94.8 Å². The minimum absolute atomic E-state index is 0.0698. The molecular weight excluding hydrogens is 406 g/mol. The second-order valence-electron chi connectivity index (χ2n) is 8.25. The Balaban J connectivity index is 2.41. The lowest BCUT2D eigenvalue weighted by Gasteiger charge is -2.21. The lowest BCUT2D eigenvalue weighted by Crippen LogP contribution is -2.18. The smallest absolute Gasteiger partial charge is 0.305 e. The molecule has 0 bridgehead atoms. The first-order valence-corrected chi connectivity index (χ1v) is 12.0. The fraction of sp³-hybridized carbons (Fsp3) is 0.435. The Morgan fingerprint density at radius 2 is 1.83 bits per heavy atom. The highest BCUT2D eigenvalue weighted by Crippen LogP contribution is 2.44. The van der Waals surface area contributed by atoms with Crippen LogP contribution in [0.2, 0.25) is 0 Å². The average molecular weight is 436 g/mol. The minimum atomic E-state index is -3.73. The first-order chi connectivity index (χ1) is 13.9. The summed E-state index contributed by atoms with van der Waals surface area (Å²) in [6.07, 6.45) is -2.15. The molecule has 0 heterocycles. The van der Waals surface area contributed by atoms with E-state index >= 15 is 0 Å². The van der Waals surface area contributed by atoms with Gasteiger partial charge in [-0.3, -0.25) is 9.36 Å². The molecule has 0 fully saturated rings. The van der Waals surface area contributed by atoms with E-state index < -0.39 is 32.0 Å². The summed E-state index contributed by atoms with van der Waals surface area (Å²) in [4.78, 5) is 21.1. The average Bonchev–Trinajstić information content (AvgIpc) is 2.61. The van der Waals surface area contributed by atoms with Gasteiger partial charge < -0.3 is 15.1 Å². The lowest BCUT2D eigenvalue weighted by atomic mass is 9.87. The molecular formula is C23H30FO5P. The second-order valence-corrected chi connectivity index (χ2v) is 10.8. The molecule has 0 radical (unpaired) electrons. The quantitative estimate of drug-likeness (QED) is 0.487. The number of aliphatic hydroxyl groups excluding tert-OH is 1. The maximum Gasteiger partial charge on any atom is 0.305 e. The molecule has 7 heteroatoms. The van der Waals surface area contributed by atoms with Gasteiger partial charge in [0.2, 0.25) is 7.37 Å². The molecule has 0 aliphatic rings. The number of hydrogen-bond donors (Lipinski definition) is 3. The Labute approximate surface area is 177 Å². The largest absolute Gasteiger partial charge is 0.481 e. The molecule has 2 atom stereocenters. The summed E-state index contributed by atoms with van der Waals surface area (Å²) in [6, 6.07) is 8.95. The molecule has 0 amide bonds. The van der Waals surface area contributed by atoms with Gasteiger partial charge in [-0.1, -0.05) is 37.6 Å². The number of aliphatic carboxylic acids is 1. The maximum atomic E-state index is 13.8. The molecule has 0 saturated heterocycles. The Morgan fingerprint density at radius 3 is 2.40 bits per heavy atom. The molecule has 0 aliphatic carbocycles. The third-order valence-corrected chi connectivity index (χ3v) is 7.05. The Kier molecular flexibility index (Phi) is 7.98. The molecule has 0 saturated carbocycles. The number of carboxylic acids is 1. The van der Waals surface area contributed by atoms with Gasteiger partial charge in [0.25, 0.3) is 0 Å². The molecule has 0 aromatic heterocycles. The highest BCUT2D eigenvalue weighted by molar-refractivity contribution is 7.58. The summed E-state index contributed by atoms with van der Waals surface area (Å²) in [5, 5.41) is 18.5. The Hall–Kier alpha value is -2.01. The molecule has 3 N–H and O–H groups in total. The zero-order chi connectivity index (χ0) is 22.6. The van der Waals surface area contributed by atoms with Crippen molar-refractivity contribution in [1.82, 2.24) is 0 Å². The highest BCUT2D eigenvalue weighted by atomic mass is 31.2. The van der Waals surface area contributed by atoms with Crippen molar-refractivity contribution in [3.05, 3.63) is 58.4 Å². The van der Waals surface area contributed by atoms with E-state index in [-0.39, 0.29) is 17.9 Å². The van der Waals surface area contributed by atoms with Crippen LogP contribution in [-0.2, 0) is 15.8 Å². The zero-order valence-electron chi connectivity index (χ0n) is 17.9. The van der Waals surface area contributed by atoms with Crippen molar-refractivity contribution in [3.8, 4) is 11.1 Å². The molecule has 164 valence electrons. The van der Waals surface area contributed by atoms with Gasteiger partial charge in [-0.05, 0) is 66.1 Å². The predicted octanol–water partition coefficient (Wildman–Crippen LogP) is 4.88. The molecule has 2 aromatic carbocycles. The SMILES string of the molecule is Cc1cc(-c2ccc(F)c(C)c2)c(CCP(=O)(O)CC(O)CC(=O)O)c(C(C)C)c1. The number of aliphatic hydroxyl groups is 1. The summed E-state index contributed by atoms with van der Waals surface area (Å²) in [5.74, 6) is -1.32. The predicted molar refractivity (Wildman–Crippen MR) is 117 cm³/mol. The first-order valence-electron chi connectivity index (χ1n) is 10.00. The zero-order valence-corrected chi connectivity index (χ0v) is 18.7. The van der Waals surface area contributed by atoms with Gasteiger partial charge >= 0.3 is 5.97 Å². The van der Waals surface area contributed by atoms with Crippen LogP contribution >= 0.6 is 7.37 Å². The number of rotatable bonds is 9. The van der Waals surface area contributed by atoms with Crippen LogP contribution < -0.4 is 0 Å². The Morgan fingerprint density at radius 1 is 1.17 bits per heavy atom. The molecule has 2 aromatic rings. The van der Waals surface area contributed by atoms with Crippen molar-refractivity contribution >= 4 is 13.3 Å². The number of halogens is 1. The number of aryl methyl sites for hydroxylation is 2. The first kappa shape index (κ1) is 24.3. The van der Waals surface area contributed by atoms with Gasteiger partial charge in [-0.25, -0.2) is 4.39 Å². The van der Waals surface area contributed by atoms with Crippen LogP contribution in [0, 0.1) is 19.7 Å². The number of hydrogen-bond acceptors (Lipinski definition) is 3. The van der Waals surface area contributed by atoms with Crippen molar-refractivity contribution in [2.75, 3.05) is 12.3 Å². The molecule has 2 unspecified atom stereocenters. The Bertz CT molecular complexity index is 970. The van der Waals surface area contributed by atoms with Crippen LogP contribution in [0.25, 0.3) is 11.1 Å². The van der Waals surface area contributed by atoms with Crippen LogP contribution in [0.3, 0.4) is 0 Å². The summed E-state index contributed by atoms with van der Waals surface area (Å²) >= 11 is 0. The standard InChI is InChI=1S/C23H30FO5P/c1-14(2)20-9-15(3)10-21(17-5-6-22(24)16(4)11-17)19(20)7-8-30(28,29)13-18(25)12-23(26)27/h5-6,9-11,14,18,25H,7-8,12-13H2,1-4H3,(H,26,27)(H,28,29). The molecule has 30 heavy (non-hydrogen) atoms. The van der Waals surface area contributed by atoms with E-state index in [1.165, 1.54) is 6.07 Å². The maximum absolute atomic E-state index is 13.8. The van der Waals surface area contributed by atoms with Crippen molar-refractivity contribution in [3.63, 3.8) is 0 Å². The summed E-state index contributed by atoms with van der Waals surface area (Å²) in [6.45, 7) is 7.78. The normalized spacial score (nSPS) is 14.5. The summed E-state index contributed by atoms with van der Waals surface area (Å²) in [7, 11) is -3.73. The van der Waals surface area contributed by atoms with E-state index in [1.54, 1.807) is 19.1 Å². The van der Waals surface area contributed by atoms with Crippen molar-refractivity contribution < 1.29 is 28.9 Å². The van der Waals surface area contributed by atoms with Crippen molar-refractivity contribution in [1.29, 1.82) is 0 Å². The van der Waals surface area contributed by atoms with E-state index in [2.05, 4.69) is 6.07 Å².